The average molecular weight is 496 g/mol. The van der Waals surface area contributed by atoms with E-state index in [1.807, 2.05) is 12.1 Å². The van der Waals surface area contributed by atoms with Gasteiger partial charge in [-0.15, -0.1) is 24.0 Å². The predicted molar refractivity (Wildman–Crippen MR) is 106 cm³/mol. The van der Waals surface area contributed by atoms with Gasteiger partial charge in [0.2, 0.25) is 0 Å². The van der Waals surface area contributed by atoms with E-state index in [-0.39, 0.29) is 24.0 Å². The van der Waals surface area contributed by atoms with E-state index in [0.717, 1.165) is 34.6 Å². The lowest BCUT2D eigenvalue weighted by atomic mass is 9.96. The highest BCUT2D eigenvalue weighted by Gasteiger charge is 2.41. The predicted octanol–water partition coefficient (Wildman–Crippen LogP) is 3.06. The molecular weight excluding hydrogens is 473 g/mol. The van der Waals surface area contributed by atoms with Crippen LogP contribution in [-0.2, 0) is 11.3 Å². The zero-order valence-corrected chi connectivity index (χ0v) is 17.3. The summed E-state index contributed by atoms with van der Waals surface area (Å²) in [5, 5.41) is 6.84. The molecule has 0 amide bonds. The maximum atomic E-state index is 5.87. The number of guanidine groups is 1. The number of nitrogens with one attached hydrogen (secondary N) is 2. The van der Waals surface area contributed by atoms with Gasteiger partial charge in [-0.3, -0.25) is 4.99 Å². The van der Waals surface area contributed by atoms with Crippen LogP contribution < -0.4 is 15.4 Å². The normalized spacial score (nSPS) is 25.9. The standard InChI is InChI=1S/C16H22BrN3O2.HI/c1-18-16(20-13-8-12-4-6-15(13)22-12)19-9-10-7-11(17)3-5-14(10)21-2;/h3,5,7,12-13,15H,4,6,8-9H2,1-2H3,(H2,18,19,20);1H. The Morgan fingerprint density at radius 3 is 2.87 bits per heavy atom. The summed E-state index contributed by atoms with van der Waals surface area (Å²) in [5.74, 6) is 1.68. The van der Waals surface area contributed by atoms with E-state index < -0.39 is 0 Å². The van der Waals surface area contributed by atoms with Crippen molar-refractivity contribution in [3.8, 4) is 5.75 Å². The highest BCUT2D eigenvalue weighted by Crippen LogP contribution is 2.34. The Balaban J connectivity index is 0.00000192. The van der Waals surface area contributed by atoms with Gasteiger partial charge in [0.05, 0.1) is 25.4 Å². The van der Waals surface area contributed by atoms with Gasteiger partial charge in [0, 0.05) is 23.6 Å². The first-order chi connectivity index (χ1) is 10.7. The molecule has 3 atom stereocenters. The summed E-state index contributed by atoms with van der Waals surface area (Å²) >= 11 is 3.50. The summed E-state index contributed by atoms with van der Waals surface area (Å²) in [4.78, 5) is 4.31. The number of halogens is 2. The van der Waals surface area contributed by atoms with E-state index in [4.69, 9.17) is 9.47 Å². The van der Waals surface area contributed by atoms with Crippen LogP contribution in [0.1, 0.15) is 24.8 Å². The fourth-order valence-corrected chi connectivity index (χ4v) is 3.63. The number of nitrogens with zero attached hydrogens (tertiary/aromatic N) is 1. The van der Waals surface area contributed by atoms with Crippen molar-refractivity contribution in [3.05, 3.63) is 28.2 Å². The summed E-state index contributed by atoms with van der Waals surface area (Å²) < 4.78 is 12.3. The molecule has 2 bridgehead atoms. The Bertz CT molecular complexity index is 570. The quantitative estimate of drug-likeness (QED) is 0.383. The molecule has 1 aromatic rings. The number of hydrogen-bond donors (Lipinski definition) is 2. The molecule has 7 heteroatoms. The first-order valence-corrected chi connectivity index (χ1v) is 8.44. The minimum absolute atomic E-state index is 0. The molecule has 0 aromatic heterocycles. The van der Waals surface area contributed by atoms with Crippen LogP contribution >= 0.6 is 39.9 Å². The molecule has 0 radical (unpaired) electrons. The highest BCUT2D eigenvalue weighted by molar-refractivity contribution is 14.0. The molecule has 2 heterocycles. The molecular formula is C16H23BrIN3O2. The lowest BCUT2D eigenvalue weighted by molar-refractivity contribution is 0.0992. The van der Waals surface area contributed by atoms with Gasteiger partial charge in [-0.1, -0.05) is 15.9 Å². The third kappa shape index (κ3) is 4.51. The summed E-state index contributed by atoms with van der Waals surface area (Å²) in [6.07, 6.45) is 4.20. The maximum absolute atomic E-state index is 5.87. The van der Waals surface area contributed by atoms with Gasteiger partial charge in [-0.25, -0.2) is 0 Å². The molecule has 23 heavy (non-hydrogen) atoms. The van der Waals surface area contributed by atoms with E-state index >= 15 is 0 Å². The number of benzene rings is 1. The molecule has 128 valence electrons. The van der Waals surface area contributed by atoms with Crippen molar-refractivity contribution < 1.29 is 9.47 Å². The smallest absolute Gasteiger partial charge is 0.191 e. The Kier molecular flexibility index (Phi) is 6.97. The molecule has 3 rings (SSSR count). The lowest BCUT2D eigenvalue weighted by Gasteiger charge is -2.23. The largest absolute Gasteiger partial charge is 0.496 e. The second-order valence-corrected chi connectivity index (χ2v) is 6.66. The third-order valence-electron chi connectivity index (χ3n) is 4.34. The number of rotatable bonds is 4. The first-order valence-electron chi connectivity index (χ1n) is 7.64. The zero-order chi connectivity index (χ0) is 15.5. The van der Waals surface area contributed by atoms with E-state index in [9.17, 15) is 0 Å². The topological polar surface area (TPSA) is 54.9 Å². The van der Waals surface area contributed by atoms with Crippen molar-refractivity contribution >= 4 is 45.9 Å². The minimum atomic E-state index is 0. The fraction of sp³-hybridized carbons (Fsp3) is 0.562. The molecule has 0 aliphatic carbocycles. The van der Waals surface area contributed by atoms with Crippen molar-refractivity contribution in [1.82, 2.24) is 10.6 Å². The Morgan fingerprint density at radius 1 is 1.43 bits per heavy atom. The Hall–Kier alpha value is -0.540. The van der Waals surface area contributed by atoms with Crippen LogP contribution in [0, 0.1) is 0 Å². The van der Waals surface area contributed by atoms with Crippen LogP contribution in [0.3, 0.4) is 0 Å². The van der Waals surface area contributed by atoms with E-state index in [1.165, 1.54) is 6.42 Å². The Labute approximate surface area is 162 Å². The number of ether oxygens (including phenoxy) is 2. The van der Waals surface area contributed by atoms with Gasteiger partial charge in [0.25, 0.3) is 0 Å². The first kappa shape index (κ1) is 18.8. The minimum Gasteiger partial charge on any atom is -0.496 e. The van der Waals surface area contributed by atoms with Crippen LogP contribution in [0.25, 0.3) is 0 Å². The molecule has 2 N–H and O–H groups in total. The number of methoxy groups -OCH3 is 1. The third-order valence-corrected chi connectivity index (χ3v) is 4.83. The molecule has 0 spiro atoms. The molecule has 2 aliphatic rings. The van der Waals surface area contributed by atoms with E-state index in [0.29, 0.717) is 24.8 Å². The van der Waals surface area contributed by atoms with Crippen LogP contribution in [0.2, 0.25) is 0 Å². The van der Waals surface area contributed by atoms with Gasteiger partial charge in [0.15, 0.2) is 5.96 Å². The van der Waals surface area contributed by atoms with Crippen molar-refractivity contribution in [2.75, 3.05) is 14.2 Å². The van der Waals surface area contributed by atoms with Crippen LogP contribution in [0.5, 0.6) is 5.75 Å². The number of hydrogen-bond acceptors (Lipinski definition) is 3. The fourth-order valence-electron chi connectivity index (χ4n) is 3.22. The molecule has 2 aliphatic heterocycles. The highest BCUT2D eigenvalue weighted by atomic mass is 127. The van der Waals surface area contributed by atoms with E-state index in [2.05, 4.69) is 37.6 Å². The van der Waals surface area contributed by atoms with Crippen LogP contribution in [-0.4, -0.2) is 38.4 Å². The van der Waals surface area contributed by atoms with Gasteiger partial charge in [-0.05, 0) is 37.5 Å². The number of aliphatic imine (C=N–C) groups is 1. The van der Waals surface area contributed by atoms with Gasteiger partial charge >= 0.3 is 0 Å². The molecule has 5 nitrogen and oxygen atoms in total. The monoisotopic (exact) mass is 495 g/mol. The summed E-state index contributed by atoms with van der Waals surface area (Å²) in [5.41, 5.74) is 1.09. The summed E-state index contributed by atoms with van der Waals surface area (Å²) in [7, 11) is 3.48. The Morgan fingerprint density at radius 2 is 2.26 bits per heavy atom. The molecule has 2 saturated heterocycles. The molecule has 2 fully saturated rings. The number of fused-ring (bicyclic) bond motifs is 2. The van der Waals surface area contributed by atoms with Gasteiger partial charge in [-0.2, -0.15) is 0 Å². The summed E-state index contributed by atoms with van der Waals surface area (Å²) in [6.45, 7) is 0.657. The van der Waals surface area contributed by atoms with Crippen molar-refractivity contribution in [2.45, 2.75) is 44.1 Å². The van der Waals surface area contributed by atoms with Crippen LogP contribution in [0.4, 0.5) is 0 Å². The van der Waals surface area contributed by atoms with Crippen molar-refractivity contribution in [1.29, 1.82) is 0 Å². The maximum Gasteiger partial charge on any atom is 0.191 e. The molecule has 0 saturated carbocycles. The lowest BCUT2D eigenvalue weighted by Crippen LogP contribution is -2.47. The second kappa shape index (κ2) is 8.53. The zero-order valence-electron chi connectivity index (χ0n) is 13.3. The second-order valence-electron chi connectivity index (χ2n) is 5.74. The van der Waals surface area contributed by atoms with E-state index in [1.54, 1.807) is 14.2 Å². The van der Waals surface area contributed by atoms with Gasteiger partial charge < -0.3 is 20.1 Å². The van der Waals surface area contributed by atoms with Gasteiger partial charge in [0.1, 0.15) is 5.75 Å². The summed E-state index contributed by atoms with van der Waals surface area (Å²) in [6, 6.07) is 6.36. The molecule has 3 unspecified atom stereocenters. The van der Waals surface area contributed by atoms with Crippen molar-refractivity contribution in [2.24, 2.45) is 4.99 Å². The SMILES string of the molecule is CN=C(NCc1cc(Br)ccc1OC)NC1CC2CCC1O2.I. The average Bonchev–Trinajstić information content (AvgIpc) is 3.14. The van der Waals surface area contributed by atoms with Crippen LogP contribution in [0.15, 0.2) is 27.7 Å². The van der Waals surface area contributed by atoms with Crippen molar-refractivity contribution in [3.63, 3.8) is 0 Å². The molecule has 1 aromatic carbocycles.